The molecule has 0 aliphatic heterocycles. The molecule has 44 heavy (non-hydrogen) atoms. The Morgan fingerprint density at radius 3 is 1.84 bits per heavy atom. The number of Topliss-reactive ketones (excluding diaryl/α,β-unsaturated/α-hetero) is 1. The number of alkyl halides is 3. The van der Waals surface area contributed by atoms with E-state index in [0.717, 1.165) is 28.8 Å². The van der Waals surface area contributed by atoms with Crippen molar-refractivity contribution in [2.45, 2.75) is 38.3 Å². The van der Waals surface area contributed by atoms with Gasteiger partial charge in [0, 0.05) is 35.0 Å². The van der Waals surface area contributed by atoms with Crippen LogP contribution in [0.1, 0.15) is 40.2 Å². The monoisotopic (exact) mass is 641 g/mol. The van der Waals surface area contributed by atoms with Crippen LogP contribution in [0.2, 0.25) is 10.0 Å². The van der Waals surface area contributed by atoms with Crippen LogP contribution >= 0.6 is 23.2 Å². The highest BCUT2D eigenvalue weighted by Crippen LogP contribution is 2.29. The smallest absolute Gasteiger partial charge is 0.450 e. The number of nitrogens with zero attached hydrogens (tertiary/aromatic N) is 1. The quantitative estimate of drug-likeness (QED) is 0.137. The zero-order valence-electron chi connectivity index (χ0n) is 24.8. The fourth-order valence-electron chi connectivity index (χ4n) is 5.17. The van der Waals surface area contributed by atoms with Gasteiger partial charge in [0.1, 0.15) is 12.4 Å². The standard InChI is InChI=1S/C36H36Cl2F3NO2/c1-25-3-5-26(6-4-25)7-10-30(35(43)36(39,40)41)23-27-8-19-33(20-9-27)44-22-21-42(2)24-34(28-11-15-31(37)16-12-28)29-13-17-32(38)18-14-29/h3-6,8-9,11-20,30,34H,7,10,21-24H2,1-2H3. The Hall–Kier alpha value is -3.32. The van der Waals surface area contributed by atoms with Crippen LogP contribution < -0.4 is 4.74 Å². The van der Waals surface area contributed by atoms with Gasteiger partial charge in [-0.2, -0.15) is 13.2 Å². The number of hydrogen-bond donors (Lipinski definition) is 0. The summed E-state index contributed by atoms with van der Waals surface area (Å²) in [7, 11) is 2.03. The predicted octanol–water partition coefficient (Wildman–Crippen LogP) is 9.37. The first-order chi connectivity index (χ1) is 21.0. The van der Waals surface area contributed by atoms with Crippen LogP contribution in [0.15, 0.2) is 97.1 Å². The highest BCUT2D eigenvalue weighted by atomic mass is 35.5. The molecule has 0 bridgehead atoms. The predicted molar refractivity (Wildman–Crippen MR) is 172 cm³/mol. The van der Waals surface area contributed by atoms with Gasteiger partial charge in [-0.05, 0) is 91.9 Å². The van der Waals surface area contributed by atoms with E-state index in [1.807, 2.05) is 86.8 Å². The molecule has 232 valence electrons. The number of hydrogen-bond acceptors (Lipinski definition) is 3. The summed E-state index contributed by atoms with van der Waals surface area (Å²) in [4.78, 5) is 14.4. The number of rotatable bonds is 14. The van der Waals surface area contributed by atoms with Crippen molar-refractivity contribution in [1.82, 2.24) is 4.90 Å². The first-order valence-corrected chi connectivity index (χ1v) is 15.3. The molecular weight excluding hydrogens is 606 g/mol. The van der Waals surface area contributed by atoms with Gasteiger partial charge in [0.05, 0.1) is 0 Å². The lowest BCUT2D eigenvalue weighted by molar-refractivity contribution is -0.175. The molecule has 0 saturated carbocycles. The maximum absolute atomic E-state index is 13.4. The van der Waals surface area contributed by atoms with E-state index in [-0.39, 0.29) is 18.8 Å². The molecule has 1 unspecified atom stereocenters. The molecule has 1 atom stereocenters. The van der Waals surface area contributed by atoms with E-state index >= 15 is 0 Å². The van der Waals surface area contributed by atoms with Crippen LogP contribution in [-0.2, 0) is 17.6 Å². The molecule has 0 heterocycles. The third-order valence-electron chi connectivity index (χ3n) is 7.74. The van der Waals surface area contributed by atoms with Gasteiger partial charge in [-0.25, -0.2) is 0 Å². The topological polar surface area (TPSA) is 29.5 Å². The Kier molecular flexibility index (Phi) is 11.9. The minimum absolute atomic E-state index is 0.0179. The minimum atomic E-state index is -4.87. The van der Waals surface area contributed by atoms with Crippen LogP contribution in [0.5, 0.6) is 5.75 Å². The molecule has 0 fully saturated rings. The first-order valence-electron chi connectivity index (χ1n) is 14.6. The summed E-state index contributed by atoms with van der Waals surface area (Å²) in [6.45, 7) is 3.77. The van der Waals surface area contributed by atoms with Crippen molar-refractivity contribution in [3.05, 3.63) is 135 Å². The average Bonchev–Trinajstić information content (AvgIpc) is 3.00. The third kappa shape index (κ3) is 10.1. The van der Waals surface area contributed by atoms with Crippen molar-refractivity contribution in [1.29, 1.82) is 0 Å². The molecule has 0 radical (unpaired) electrons. The van der Waals surface area contributed by atoms with E-state index in [9.17, 15) is 18.0 Å². The highest BCUT2D eigenvalue weighted by Gasteiger charge is 2.42. The number of carbonyl (C=O) groups is 1. The molecule has 0 aliphatic rings. The van der Waals surface area contributed by atoms with Crippen molar-refractivity contribution in [3.8, 4) is 5.75 Å². The molecule has 8 heteroatoms. The van der Waals surface area contributed by atoms with Crippen molar-refractivity contribution in [3.63, 3.8) is 0 Å². The number of aryl methyl sites for hydroxylation is 2. The molecule has 4 aromatic carbocycles. The van der Waals surface area contributed by atoms with Crippen LogP contribution in [0.3, 0.4) is 0 Å². The molecule has 4 aromatic rings. The number of ether oxygens (including phenoxy) is 1. The second-order valence-corrected chi connectivity index (χ2v) is 12.1. The fourth-order valence-corrected chi connectivity index (χ4v) is 5.43. The molecule has 0 spiro atoms. The second kappa shape index (κ2) is 15.6. The number of carbonyl (C=O) groups excluding carboxylic acids is 1. The van der Waals surface area contributed by atoms with E-state index in [1.54, 1.807) is 24.3 Å². The van der Waals surface area contributed by atoms with E-state index in [0.29, 0.717) is 40.9 Å². The zero-order chi connectivity index (χ0) is 31.7. The summed E-state index contributed by atoms with van der Waals surface area (Å²) in [6, 6.07) is 30.3. The Balaban J connectivity index is 1.32. The minimum Gasteiger partial charge on any atom is -0.492 e. The summed E-state index contributed by atoms with van der Waals surface area (Å²) in [5, 5.41) is 1.36. The molecule has 0 N–H and O–H groups in total. The molecule has 0 aliphatic carbocycles. The van der Waals surface area contributed by atoms with E-state index < -0.39 is 17.9 Å². The second-order valence-electron chi connectivity index (χ2n) is 11.2. The largest absolute Gasteiger partial charge is 0.492 e. The number of ketones is 1. The van der Waals surface area contributed by atoms with E-state index in [4.69, 9.17) is 27.9 Å². The molecule has 0 amide bonds. The molecular formula is C36H36Cl2F3NO2. The molecule has 4 rings (SSSR count). The van der Waals surface area contributed by atoms with Crippen LogP contribution in [0, 0.1) is 12.8 Å². The molecule has 3 nitrogen and oxygen atoms in total. The van der Waals surface area contributed by atoms with Crippen LogP contribution in [0.25, 0.3) is 0 Å². The number of halogens is 5. The van der Waals surface area contributed by atoms with Crippen LogP contribution in [0.4, 0.5) is 13.2 Å². The maximum atomic E-state index is 13.4. The van der Waals surface area contributed by atoms with Crippen molar-refractivity contribution < 1.29 is 22.7 Å². The normalized spacial score (nSPS) is 12.5. The third-order valence-corrected chi connectivity index (χ3v) is 8.24. The van der Waals surface area contributed by atoms with Crippen molar-refractivity contribution in [2.24, 2.45) is 5.92 Å². The first kappa shape index (κ1) is 33.6. The summed E-state index contributed by atoms with van der Waals surface area (Å²) < 4.78 is 46.1. The SMILES string of the molecule is Cc1ccc(CCC(Cc2ccc(OCCN(C)CC(c3ccc(Cl)cc3)c3ccc(Cl)cc3)cc2)C(=O)C(F)(F)F)cc1. The highest BCUT2D eigenvalue weighted by molar-refractivity contribution is 6.30. The van der Waals surface area contributed by atoms with Gasteiger partial charge in [0.25, 0.3) is 0 Å². The van der Waals surface area contributed by atoms with Gasteiger partial charge >= 0.3 is 6.18 Å². The van der Waals surface area contributed by atoms with Gasteiger partial charge < -0.3 is 9.64 Å². The Bertz CT molecular complexity index is 1430. The fraction of sp³-hybridized carbons (Fsp3) is 0.306. The Labute approximate surface area is 267 Å². The van der Waals surface area contributed by atoms with Gasteiger partial charge in [-0.3, -0.25) is 4.79 Å². The van der Waals surface area contributed by atoms with Gasteiger partial charge in [0.2, 0.25) is 5.78 Å². The summed E-state index contributed by atoms with van der Waals surface area (Å²) in [5.41, 5.74) is 4.93. The zero-order valence-corrected chi connectivity index (χ0v) is 26.3. The van der Waals surface area contributed by atoms with Crippen molar-refractivity contribution >= 4 is 29.0 Å². The molecule has 0 saturated heterocycles. The van der Waals surface area contributed by atoms with Gasteiger partial charge in [-0.1, -0.05) is 89.4 Å². The van der Waals surface area contributed by atoms with E-state index in [2.05, 4.69) is 4.90 Å². The Morgan fingerprint density at radius 1 is 0.795 bits per heavy atom. The summed E-state index contributed by atoms with van der Waals surface area (Å²) in [6.07, 6.45) is -4.32. The lowest BCUT2D eigenvalue weighted by atomic mass is 9.89. The summed E-state index contributed by atoms with van der Waals surface area (Å²) >= 11 is 12.2. The maximum Gasteiger partial charge on any atom is 0.450 e. The number of benzene rings is 4. The molecule has 0 aromatic heterocycles. The van der Waals surface area contributed by atoms with Gasteiger partial charge in [0.15, 0.2) is 0 Å². The van der Waals surface area contributed by atoms with Crippen LogP contribution in [-0.4, -0.2) is 43.6 Å². The summed E-state index contributed by atoms with van der Waals surface area (Å²) in [5.74, 6) is -2.10. The Morgan fingerprint density at radius 2 is 1.32 bits per heavy atom. The van der Waals surface area contributed by atoms with Crippen molar-refractivity contribution in [2.75, 3.05) is 26.7 Å². The lowest BCUT2D eigenvalue weighted by Gasteiger charge is -2.25. The van der Waals surface area contributed by atoms with E-state index in [1.165, 1.54) is 0 Å². The average molecular weight is 643 g/mol. The van der Waals surface area contributed by atoms with Gasteiger partial charge in [-0.15, -0.1) is 0 Å². The number of likely N-dealkylation sites (N-methyl/N-ethyl adjacent to an activating group) is 1. The lowest BCUT2D eigenvalue weighted by Crippen LogP contribution is -2.32.